The van der Waals surface area contributed by atoms with E-state index >= 15 is 0 Å². The molecule has 0 saturated heterocycles. The number of hydrazine groups is 1. The van der Waals surface area contributed by atoms with Gasteiger partial charge in [-0.15, -0.1) is 0 Å². The van der Waals surface area contributed by atoms with Crippen LogP contribution in [0.25, 0.3) is 0 Å². The van der Waals surface area contributed by atoms with Crippen LogP contribution in [0, 0.1) is 0 Å². The van der Waals surface area contributed by atoms with Crippen molar-refractivity contribution in [2.75, 3.05) is 24.5 Å². The van der Waals surface area contributed by atoms with E-state index in [1.165, 1.54) is 7.11 Å². The van der Waals surface area contributed by atoms with Crippen LogP contribution >= 0.6 is 0 Å². The molecule has 0 amide bonds. The molecule has 1 aromatic heterocycles. The third kappa shape index (κ3) is 2.12. The number of rotatable bonds is 5. The normalized spacial score (nSPS) is 16.7. The summed E-state index contributed by atoms with van der Waals surface area (Å²) < 4.78 is 4.91. The molecule has 1 aromatic rings. The van der Waals surface area contributed by atoms with E-state index in [-0.39, 0.29) is 24.1 Å². The highest BCUT2D eigenvalue weighted by Crippen LogP contribution is 2.37. The first kappa shape index (κ1) is 10.8. The summed E-state index contributed by atoms with van der Waals surface area (Å²) in [6.45, 7) is 0.0480. The summed E-state index contributed by atoms with van der Waals surface area (Å²) in [6, 6.07) is 0.166. The molecule has 1 fully saturated rings. The van der Waals surface area contributed by atoms with Crippen molar-refractivity contribution in [2.45, 2.75) is 18.4 Å². The molecule has 2 rings (SSSR count). The minimum Gasteiger partial charge on any atom is -0.467 e. The molecular formula is C8H14N6O2. The van der Waals surface area contributed by atoms with Gasteiger partial charge in [0.15, 0.2) is 0 Å². The molecule has 0 unspecified atom stereocenters. The maximum absolute atomic E-state index is 9.17. The summed E-state index contributed by atoms with van der Waals surface area (Å²) in [6.07, 6.45) is 1.78. The zero-order chi connectivity index (χ0) is 11.6. The van der Waals surface area contributed by atoms with Crippen molar-refractivity contribution in [1.29, 1.82) is 0 Å². The molecule has 1 saturated carbocycles. The van der Waals surface area contributed by atoms with E-state index in [0.29, 0.717) is 5.95 Å². The van der Waals surface area contributed by atoms with E-state index in [9.17, 15) is 0 Å². The van der Waals surface area contributed by atoms with Crippen LogP contribution < -0.4 is 21.3 Å². The van der Waals surface area contributed by atoms with Gasteiger partial charge in [-0.05, 0) is 12.8 Å². The lowest BCUT2D eigenvalue weighted by molar-refractivity contribution is 0.265. The quantitative estimate of drug-likeness (QED) is 0.377. The fourth-order valence-corrected chi connectivity index (χ4v) is 1.28. The molecule has 1 aliphatic carbocycles. The molecule has 0 radical (unpaired) electrons. The Morgan fingerprint density at radius 1 is 1.38 bits per heavy atom. The van der Waals surface area contributed by atoms with Crippen molar-refractivity contribution in [3.05, 3.63) is 0 Å². The van der Waals surface area contributed by atoms with Gasteiger partial charge in [0.2, 0.25) is 11.9 Å². The number of nitrogens with two attached hydrogens (primary N) is 1. The maximum Gasteiger partial charge on any atom is 0.322 e. The number of anilines is 2. The van der Waals surface area contributed by atoms with Crippen molar-refractivity contribution in [3.8, 4) is 6.01 Å². The van der Waals surface area contributed by atoms with Gasteiger partial charge in [0.1, 0.15) is 0 Å². The Kier molecular flexibility index (Phi) is 2.75. The van der Waals surface area contributed by atoms with Crippen LogP contribution in [-0.2, 0) is 0 Å². The molecule has 1 heterocycles. The topological polar surface area (TPSA) is 118 Å². The molecule has 0 atom stereocenters. The number of hydrogen-bond donors (Lipinski definition) is 4. The number of aliphatic hydroxyl groups excluding tert-OH is 1. The lowest BCUT2D eigenvalue weighted by Gasteiger charge is -2.14. The third-order valence-electron chi connectivity index (χ3n) is 2.46. The van der Waals surface area contributed by atoms with Crippen molar-refractivity contribution < 1.29 is 9.84 Å². The molecule has 8 heteroatoms. The van der Waals surface area contributed by atoms with Gasteiger partial charge >= 0.3 is 6.01 Å². The van der Waals surface area contributed by atoms with Gasteiger partial charge in [-0.1, -0.05) is 0 Å². The molecule has 88 valence electrons. The lowest BCUT2D eigenvalue weighted by atomic mass is 10.3. The molecule has 16 heavy (non-hydrogen) atoms. The van der Waals surface area contributed by atoms with Crippen LogP contribution in [0.15, 0.2) is 0 Å². The summed E-state index contributed by atoms with van der Waals surface area (Å²) in [5.74, 6) is 5.77. The van der Waals surface area contributed by atoms with Gasteiger partial charge in [0.05, 0.1) is 19.3 Å². The Morgan fingerprint density at radius 2 is 2.06 bits per heavy atom. The first-order chi connectivity index (χ1) is 7.71. The minimum absolute atomic E-state index is 0.0480. The number of hydrogen-bond acceptors (Lipinski definition) is 8. The number of aliphatic hydroxyl groups is 1. The largest absolute Gasteiger partial charge is 0.467 e. The predicted molar refractivity (Wildman–Crippen MR) is 56.9 cm³/mol. The van der Waals surface area contributed by atoms with Gasteiger partial charge in [-0.3, -0.25) is 5.43 Å². The molecule has 5 N–H and O–H groups in total. The monoisotopic (exact) mass is 226 g/mol. The second kappa shape index (κ2) is 4.06. The standard InChI is InChI=1S/C8H14N6O2/c1-16-7-11-5(10-6(12-7)14-9)13-8(4-15)2-3-8/h15H,2-4,9H2,1H3,(H2,10,11,12,13,14). The summed E-state index contributed by atoms with van der Waals surface area (Å²) in [5, 5.41) is 12.2. The highest BCUT2D eigenvalue weighted by atomic mass is 16.5. The summed E-state index contributed by atoms with van der Waals surface area (Å²) >= 11 is 0. The first-order valence-corrected chi connectivity index (χ1v) is 4.87. The smallest absolute Gasteiger partial charge is 0.322 e. The Balaban J connectivity index is 2.19. The average Bonchev–Trinajstić information content (AvgIpc) is 3.09. The number of methoxy groups -OCH3 is 1. The van der Waals surface area contributed by atoms with Gasteiger partial charge in [-0.25, -0.2) is 5.84 Å². The van der Waals surface area contributed by atoms with Crippen LogP contribution in [-0.4, -0.2) is 39.3 Å². The van der Waals surface area contributed by atoms with E-state index in [1.807, 2.05) is 0 Å². The fourth-order valence-electron chi connectivity index (χ4n) is 1.28. The van der Waals surface area contributed by atoms with Crippen molar-refractivity contribution in [1.82, 2.24) is 15.0 Å². The lowest BCUT2D eigenvalue weighted by Crippen LogP contribution is -2.27. The molecule has 0 aliphatic heterocycles. The Hall–Kier alpha value is -1.67. The zero-order valence-corrected chi connectivity index (χ0v) is 8.90. The zero-order valence-electron chi connectivity index (χ0n) is 8.90. The van der Waals surface area contributed by atoms with E-state index in [1.54, 1.807) is 0 Å². The molecule has 0 spiro atoms. The molecular weight excluding hydrogens is 212 g/mol. The molecule has 1 aliphatic rings. The van der Waals surface area contributed by atoms with E-state index in [0.717, 1.165) is 12.8 Å². The first-order valence-electron chi connectivity index (χ1n) is 4.87. The Bertz CT molecular complexity index is 359. The van der Waals surface area contributed by atoms with Crippen LogP contribution in [0.1, 0.15) is 12.8 Å². The molecule has 0 aromatic carbocycles. The van der Waals surface area contributed by atoms with Crippen LogP contribution in [0.4, 0.5) is 11.9 Å². The van der Waals surface area contributed by atoms with Crippen LogP contribution in [0.3, 0.4) is 0 Å². The maximum atomic E-state index is 9.17. The SMILES string of the molecule is COc1nc(NN)nc(NC2(CO)CC2)n1. The number of ether oxygens (including phenoxy) is 1. The van der Waals surface area contributed by atoms with E-state index in [2.05, 4.69) is 25.7 Å². The van der Waals surface area contributed by atoms with Gasteiger partial charge in [-0.2, -0.15) is 15.0 Å². The number of nitrogens with one attached hydrogen (secondary N) is 2. The Morgan fingerprint density at radius 3 is 2.56 bits per heavy atom. The van der Waals surface area contributed by atoms with Gasteiger partial charge < -0.3 is 15.2 Å². The molecule has 0 bridgehead atoms. The van der Waals surface area contributed by atoms with Crippen molar-refractivity contribution >= 4 is 11.9 Å². The van der Waals surface area contributed by atoms with E-state index < -0.39 is 0 Å². The second-order valence-electron chi connectivity index (χ2n) is 3.68. The van der Waals surface area contributed by atoms with E-state index in [4.69, 9.17) is 15.7 Å². The summed E-state index contributed by atoms with van der Waals surface area (Å²) in [4.78, 5) is 11.9. The van der Waals surface area contributed by atoms with Gasteiger partial charge in [0.25, 0.3) is 0 Å². The summed E-state index contributed by atoms with van der Waals surface area (Å²) in [5.41, 5.74) is 2.03. The minimum atomic E-state index is -0.293. The highest BCUT2D eigenvalue weighted by molar-refractivity contribution is 5.39. The summed E-state index contributed by atoms with van der Waals surface area (Å²) in [7, 11) is 1.46. The number of nitrogens with zero attached hydrogens (tertiary/aromatic N) is 3. The fraction of sp³-hybridized carbons (Fsp3) is 0.625. The van der Waals surface area contributed by atoms with Gasteiger partial charge in [0, 0.05) is 0 Å². The molecule has 8 nitrogen and oxygen atoms in total. The predicted octanol–water partition coefficient (Wildman–Crippen LogP) is -0.897. The Labute approximate surface area is 92.2 Å². The third-order valence-corrected chi connectivity index (χ3v) is 2.46. The number of nitrogen functional groups attached to an aromatic ring is 1. The van der Waals surface area contributed by atoms with Crippen molar-refractivity contribution in [2.24, 2.45) is 5.84 Å². The average molecular weight is 226 g/mol. The highest BCUT2D eigenvalue weighted by Gasteiger charge is 2.42. The van der Waals surface area contributed by atoms with Crippen molar-refractivity contribution in [3.63, 3.8) is 0 Å². The second-order valence-corrected chi connectivity index (χ2v) is 3.68. The van der Waals surface area contributed by atoms with Crippen LogP contribution in [0.5, 0.6) is 6.01 Å². The van der Waals surface area contributed by atoms with Crippen LogP contribution in [0.2, 0.25) is 0 Å². The number of aromatic nitrogens is 3.